The van der Waals surface area contributed by atoms with E-state index in [1.165, 1.54) is 283 Å². The molecule has 0 aromatic rings. The summed E-state index contributed by atoms with van der Waals surface area (Å²) in [5.74, 6) is -0.0696. The Balaban J connectivity index is 3.49. The number of unbranched alkanes of at least 4 members (excludes halogenated alkanes) is 45. The lowest BCUT2D eigenvalue weighted by atomic mass is 10.0. The first-order chi connectivity index (χ1) is 34.2. The van der Waals surface area contributed by atoms with Gasteiger partial charge >= 0.3 is 0 Å². The molecule has 2 unspecified atom stereocenters. The zero-order valence-electron chi connectivity index (χ0n) is 46.8. The van der Waals surface area contributed by atoms with Crippen molar-refractivity contribution < 1.29 is 15.0 Å². The summed E-state index contributed by atoms with van der Waals surface area (Å²) in [7, 11) is 0. The van der Waals surface area contributed by atoms with E-state index in [1.54, 1.807) is 6.08 Å². The van der Waals surface area contributed by atoms with Crippen molar-refractivity contribution in [2.75, 3.05) is 6.61 Å². The van der Waals surface area contributed by atoms with E-state index in [0.29, 0.717) is 6.42 Å². The number of carbonyl (C=O) groups is 1. The van der Waals surface area contributed by atoms with Gasteiger partial charge in [-0.15, -0.1) is 0 Å². The van der Waals surface area contributed by atoms with E-state index in [4.69, 9.17) is 0 Å². The quantitative estimate of drug-likeness (QED) is 0.0420. The smallest absolute Gasteiger partial charge is 0.220 e. The second-order valence-corrected chi connectivity index (χ2v) is 21.5. The van der Waals surface area contributed by atoms with Gasteiger partial charge in [0, 0.05) is 6.42 Å². The summed E-state index contributed by atoms with van der Waals surface area (Å²) in [6.07, 6.45) is 84.5. The van der Waals surface area contributed by atoms with Crippen molar-refractivity contribution in [3.8, 4) is 0 Å². The maximum Gasteiger partial charge on any atom is 0.220 e. The number of aliphatic hydroxyl groups excluding tert-OH is 2. The second-order valence-electron chi connectivity index (χ2n) is 21.5. The van der Waals surface area contributed by atoms with Crippen LogP contribution in [-0.4, -0.2) is 34.9 Å². The summed E-state index contributed by atoms with van der Waals surface area (Å²) < 4.78 is 0. The summed E-state index contributed by atoms with van der Waals surface area (Å²) in [5, 5.41) is 23.2. The van der Waals surface area contributed by atoms with Crippen molar-refractivity contribution in [2.45, 2.75) is 353 Å². The van der Waals surface area contributed by atoms with Crippen LogP contribution in [0.3, 0.4) is 0 Å². The van der Waals surface area contributed by atoms with Crippen LogP contribution < -0.4 is 5.32 Å². The van der Waals surface area contributed by atoms with E-state index in [9.17, 15) is 15.0 Å². The van der Waals surface area contributed by atoms with Gasteiger partial charge < -0.3 is 15.5 Å². The molecule has 0 radical (unpaired) electrons. The highest BCUT2D eigenvalue weighted by Gasteiger charge is 2.18. The molecule has 0 spiro atoms. The third-order valence-corrected chi connectivity index (χ3v) is 14.5. The molecule has 3 N–H and O–H groups in total. The Bertz CT molecular complexity index is 1090. The summed E-state index contributed by atoms with van der Waals surface area (Å²) in [6.45, 7) is 4.32. The van der Waals surface area contributed by atoms with Crippen molar-refractivity contribution >= 4 is 5.91 Å². The predicted molar refractivity (Wildman–Crippen MR) is 308 cm³/mol. The maximum absolute atomic E-state index is 12.5. The van der Waals surface area contributed by atoms with Crippen molar-refractivity contribution in [2.24, 2.45) is 0 Å². The molecule has 0 heterocycles. The first-order valence-electron chi connectivity index (χ1n) is 31.4. The lowest BCUT2D eigenvalue weighted by Crippen LogP contribution is -2.45. The van der Waals surface area contributed by atoms with Gasteiger partial charge in [-0.25, -0.2) is 0 Å². The molecule has 0 aliphatic rings. The molecule has 406 valence electrons. The summed E-state index contributed by atoms with van der Waals surface area (Å²) in [4.78, 5) is 12.5. The number of hydrogen-bond donors (Lipinski definition) is 3. The molecule has 69 heavy (non-hydrogen) atoms. The number of amides is 1. The molecule has 4 heteroatoms. The van der Waals surface area contributed by atoms with Crippen LogP contribution in [-0.2, 0) is 4.79 Å². The highest BCUT2D eigenvalue weighted by atomic mass is 16.3. The second kappa shape index (κ2) is 60.7. The number of carbonyl (C=O) groups excluding carboxylic acids is 1. The summed E-state index contributed by atoms with van der Waals surface area (Å²) >= 11 is 0. The Hall–Kier alpha value is -1.65. The SMILES string of the molecule is CCCCCCC/C=C\C/C=C\CCCCCCCCCCCCCCCCCC(=O)NC(CO)C(O)/C=C/CC/C=C/CCCCCCCCCCCCCCCCCCCCCCCCCC. The minimum atomic E-state index is -0.864. The minimum Gasteiger partial charge on any atom is -0.394 e. The normalized spacial score (nSPS) is 13.0. The standard InChI is InChI=1S/C65H123NO3/c1-3-5-7-9-11-13-15-17-19-21-23-25-27-29-31-32-33-35-36-38-40-42-44-46-48-50-52-54-56-58-60-64(68)63(62-67)66-65(69)61-59-57-55-53-51-49-47-45-43-41-39-37-34-30-28-26-24-22-20-18-16-14-12-10-8-6-4-2/h16,18,22,24,50,52,58,60,63-64,67-68H,3-15,17,19-21,23,25-49,51,53-57,59,61-62H2,1-2H3,(H,66,69)/b18-16-,24-22-,52-50+,60-58+. The molecule has 0 aromatic carbocycles. The van der Waals surface area contributed by atoms with Gasteiger partial charge in [-0.2, -0.15) is 0 Å². The molecule has 0 aromatic heterocycles. The Labute approximate surface area is 433 Å². The zero-order valence-corrected chi connectivity index (χ0v) is 46.8. The van der Waals surface area contributed by atoms with Gasteiger partial charge in [0.05, 0.1) is 18.8 Å². The average Bonchev–Trinajstić information content (AvgIpc) is 3.35. The summed E-state index contributed by atoms with van der Waals surface area (Å²) in [6, 6.07) is -0.641. The Morgan fingerprint density at radius 2 is 0.609 bits per heavy atom. The third-order valence-electron chi connectivity index (χ3n) is 14.5. The molecular weight excluding hydrogens is 843 g/mol. The van der Waals surface area contributed by atoms with Crippen molar-refractivity contribution in [3.05, 3.63) is 48.6 Å². The Morgan fingerprint density at radius 3 is 0.928 bits per heavy atom. The van der Waals surface area contributed by atoms with Crippen LogP contribution in [0.2, 0.25) is 0 Å². The largest absolute Gasteiger partial charge is 0.394 e. The molecule has 1 amide bonds. The molecule has 0 saturated carbocycles. The molecular formula is C65H123NO3. The highest BCUT2D eigenvalue weighted by Crippen LogP contribution is 2.18. The number of rotatable bonds is 58. The molecule has 2 atom stereocenters. The zero-order chi connectivity index (χ0) is 49.9. The van der Waals surface area contributed by atoms with E-state index in [0.717, 1.165) is 38.5 Å². The van der Waals surface area contributed by atoms with Gasteiger partial charge in [-0.1, -0.05) is 319 Å². The molecule has 0 fully saturated rings. The van der Waals surface area contributed by atoms with Gasteiger partial charge in [-0.3, -0.25) is 4.79 Å². The molecule has 4 nitrogen and oxygen atoms in total. The first-order valence-corrected chi connectivity index (χ1v) is 31.4. The highest BCUT2D eigenvalue weighted by molar-refractivity contribution is 5.76. The lowest BCUT2D eigenvalue weighted by Gasteiger charge is -2.19. The average molecular weight is 967 g/mol. The number of nitrogens with one attached hydrogen (secondary N) is 1. The third kappa shape index (κ3) is 57.1. The fourth-order valence-corrected chi connectivity index (χ4v) is 9.76. The van der Waals surface area contributed by atoms with Crippen LogP contribution in [0.15, 0.2) is 48.6 Å². The van der Waals surface area contributed by atoms with E-state index in [2.05, 4.69) is 55.6 Å². The predicted octanol–water partition coefficient (Wildman–Crippen LogP) is 21.0. The number of hydrogen-bond acceptors (Lipinski definition) is 3. The molecule has 0 aliphatic carbocycles. The summed E-state index contributed by atoms with van der Waals surface area (Å²) in [5.41, 5.74) is 0. The van der Waals surface area contributed by atoms with Crippen LogP contribution in [0.1, 0.15) is 341 Å². The van der Waals surface area contributed by atoms with Crippen LogP contribution in [0.4, 0.5) is 0 Å². The van der Waals surface area contributed by atoms with Gasteiger partial charge in [0.15, 0.2) is 0 Å². The van der Waals surface area contributed by atoms with Gasteiger partial charge in [-0.05, 0) is 64.2 Å². The van der Waals surface area contributed by atoms with E-state index < -0.39 is 12.1 Å². The van der Waals surface area contributed by atoms with Crippen LogP contribution >= 0.6 is 0 Å². The Kier molecular flexibility index (Phi) is 59.2. The minimum absolute atomic E-state index is 0.0696. The molecule has 0 aliphatic heterocycles. The van der Waals surface area contributed by atoms with E-state index in [1.807, 2.05) is 6.08 Å². The van der Waals surface area contributed by atoms with Crippen LogP contribution in [0.25, 0.3) is 0 Å². The number of allylic oxidation sites excluding steroid dienone is 7. The van der Waals surface area contributed by atoms with E-state index in [-0.39, 0.29) is 12.5 Å². The molecule has 0 bridgehead atoms. The molecule has 0 rings (SSSR count). The lowest BCUT2D eigenvalue weighted by molar-refractivity contribution is -0.123. The van der Waals surface area contributed by atoms with Crippen molar-refractivity contribution in [1.29, 1.82) is 0 Å². The molecule has 0 saturated heterocycles. The fraction of sp³-hybridized carbons (Fsp3) is 0.862. The van der Waals surface area contributed by atoms with Crippen LogP contribution in [0, 0.1) is 0 Å². The number of aliphatic hydroxyl groups is 2. The van der Waals surface area contributed by atoms with Gasteiger partial charge in [0.2, 0.25) is 5.91 Å². The van der Waals surface area contributed by atoms with Crippen molar-refractivity contribution in [3.63, 3.8) is 0 Å². The Morgan fingerprint density at radius 1 is 0.348 bits per heavy atom. The van der Waals surface area contributed by atoms with Crippen LogP contribution in [0.5, 0.6) is 0 Å². The monoisotopic (exact) mass is 966 g/mol. The van der Waals surface area contributed by atoms with Crippen molar-refractivity contribution in [1.82, 2.24) is 5.32 Å². The maximum atomic E-state index is 12.5. The van der Waals surface area contributed by atoms with E-state index >= 15 is 0 Å². The fourth-order valence-electron chi connectivity index (χ4n) is 9.76. The van der Waals surface area contributed by atoms with Gasteiger partial charge in [0.25, 0.3) is 0 Å². The van der Waals surface area contributed by atoms with Gasteiger partial charge in [0.1, 0.15) is 0 Å². The topological polar surface area (TPSA) is 69.6 Å². The first kappa shape index (κ1) is 67.3.